The Balaban J connectivity index is 1.69. The van der Waals surface area contributed by atoms with E-state index in [9.17, 15) is 0 Å². The zero-order chi connectivity index (χ0) is 13.1. The molecule has 104 valence electrons. The number of benzene rings is 1. The van der Waals surface area contributed by atoms with Gasteiger partial charge in [-0.15, -0.1) is 0 Å². The van der Waals surface area contributed by atoms with E-state index in [4.69, 9.17) is 10.5 Å². The van der Waals surface area contributed by atoms with Crippen molar-refractivity contribution in [1.29, 1.82) is 0 Å². The van der Waals surface area contributed by atoms with Crippen molar-refractivity contribution in [2.24, 2.45) is 5.73 Å². The van der Waals surface area contributed by atoms with Crippen LogP contribution in [0.2, 0.25) is 0 Å². The average molecular weight is 260 g/mol. The number of nitrogens with two attached hydrogens (primary N) is 1. The first-order chi connectivity index (χ1) is 9.38. The number of rotatable bonds is 5. The summed E-state index contributed by atoms with van der Waals surface area (Å²) in [5, 5.41) is 0. The molecular formula is C16H24N2O. The Hall–Kier alpha value is -1.06. The molecular weight excluding hydrogens is 236 g/mol. The quantitative estimate of drug-likeness (QED) is 0.883. The molecule has 2 N–H and O–H groups in total. The van der Waals surface area contributed by atoms with E-state index in [1.807, 2.05) is 0 Å². The van der Waals surface area contributed by atoms with Gasteiger partial charge in [0.25, 0.3) is 0 Å². The van der Waals surface area contributed by atoms with E-state index >= 15 is 0 Å². The first-order valence-corrected chi connectivity index (χ1v) is 7.54. The molecule has 0 spiro atoms. The highest BCUT2D eigenvalue weighted by Gasteiger charge is 2.29. The molecule has 1 atom stereocenters. The summed E-state index contributed by atoms with van der Waals surface area (Å²) in [6, 6.07) is 9.20. The van der Waals surface area contributed by atoms with Gasteiger partial charge in [0, 0.05) is 37.2 Å². The number of para-hydroxylation sites is 1. The van der Waals surface area contributed by atoms with Gasteiger partial charge in [-0.3, -0.25) is 4.90 Å². The van der Waals surface area contributed by atoms with Crippen molar-refractivity contribution >= 4 is 0 Å². The van der Waals surface area contributed by atoms with Crippen LogP contribution in [-0.2, 0) is 0 Å². The monoisotopic (exact) mass is 260 g/mol. The molecule has 2 aliphatic rings. The fraction of sp³-hybridized carbons (Fsp3) is 0.625. The third-order valence-corrected chi connectivity index (χ3v) is 4.51. The van der Waals surface area contributed by atoms with Crippen LogP contribution in [0.4, 0.5) is 0 Å². The van der Waals surface area contributed by atoms with Gasteiger partial charge in [0.05, 0.1) is 6.61 Å². The molecule has 3 rings (SSSR count). The lowest BCUT2D eigenvalue weighted by Gasteiger charge is -2.30. The summed E-state index contributed by atoms with van der Waals surface area (Å²) in [6.45, 7) is 3.70. The Morgan fingerprint density at radius 2 is 2.00 bits per heavy atom. The van der Waals surface area contributed by atoms with Crippen LogP contribution in [-0.4, -0.2) is 37.2 Å². The summed E-state index contributed by atoms with van der Waals surface area (Å²) in [5.41, 5.74) is 7.17. The van der Waals surface area contributed by atoms with Crippen LogP contribution in [0, 0.1) is 0 Å². The molecule has 19 heavy (non-hydrogen) atoms. The Labute approximate surface area is 115 Å². The number of hydrogen-bond acceptors (Lipinski definition) is 3. The molecule has 1 saturated carbocycles. The highest BCUT2D eigenvalue weighted by atomic mass is 16.5. The predicted molar refractivity (Wildman–Crippen MR) is 77.6 cm³/mol. The van der Waals surface area contributed by atoms with E-state index < -0.39 is 0 Å². The Morgan fingerprint density at radius 3 is 2.79 bits per heavy atom. The molecule has 0 aromatic heterocycles. The topological polar surface area (TPSA) is 38.5 Å². The first-order valence-electron chi connectivity index (χ1n) is 7.54. The van der Waals surface area contributed by atoms with Crippen LogP contribution in [0.1, 0.15) is 37.2 Å². The molecule has 3 nitrogen and oxygen atoms in total. The lowest BCUT2D eigenvalue weighted by atomic mass is 9.99. The molecule has 3 heteroatoms. The summed E-state index contributed by atoms with van der Waals surface area (Å²) >= 11 is 0. The van der Waals surface area contributed by atoms with Gasteiger partial charge < -0.3 is 10.5 Å². The van der Waals surface area contributed by atoms with Crippen molar-refractivity contribution in [3.63, 3.8) is 0 Å². The van der Waals surface area contributed by atoms with Gasteiger partial charge in [-0.2, -0.15) is 0 Å². The van der Waals surface area contributed by atoms with E-state index in [0.29, 0.717) is 5.92 Å². The van der Waals surface area contributed by atoms with Crippen LogP contribution in [0.5, 0.6) is 5.75 Å². The van der Waals surface area contributed by atoms with Gasteiger partial charge in [0.2, 0.25) is 0 Å². The minimum absolute atomic E-state index is 0.517. The molecule has 0 saturated heterocycles. The van der Waals surface area contributed by atoms with Gasteiger partial charge in [0.1, 0.15) is 5.75 Å². The molecule has 1 heterocycles. The van der Waals surface area contributed by atoms with E-state index in [1.165, 1.54) is 31.2 Å². The molecule has 1 unspecified atom stereocenters. The summed E-state index contributed by atoms with van der Waals surface area (Å²) in [6.07, 6.45) is 5.44. The lowest BCUT2D eigenvalue weighted by Crippen LogP contribution is -2.40. The lowest BCUT2D eigenvalue weighted by molar-refractivity contribution is 0.180. The maximum absolute atomic E-state index is 5.79. The zero-order valence-corrected chi connectivity index (χ0v) is 11.6. The molecule has 1 aliphatic carbocycles. The first kappa shape index (κ1) is 12.9. The largest absolute Gasteiger partial charge is 0.493 e. The van der Waals surface area contributed by atoms with E-state index in [0.717, 1.165) is 38.0 Å². The van der Waals surface area contributed by atoms with Gasteiger partial charge in [0.15, 0.2) is 0 Å². The highest BCUT2D eigenvalue weighted by molar-refractivity contribution is 5.39. The SMILES string of the molecule is NCCN(CC1COc2ccccc21)C1CCCC1. The van der Waals surface area contributed by atoms with Crippen molar-refractivity contribution in [3.8, 4) is 5.75 Å². The normalized spacial score (nSPS) is 22.7. The number of hydrogen-bond donors (Lipinski definition) is 1. The van der Waals surface area contributed by atoms with Crippen LogP contribution >= 0.6 is 0 Å². The van der Waals surface area contributed by atoms with Crippen molar-refractivity contribution < 1.29 is 4.74 Å². The minimum atomic E-state index is 0.517. The second-order valence-electron chi connectivity index (χ2n) is 5.77. The molecule has 1 fully saturated rings. The second kappa shape index (κ2) is 5.93. The maximum atomic E-state index is 5.79. The summed E-state index contributed by atoms with van der Waals surface area (Å²) < 4.78 is 5.79. The molecule has 1 aliphatic heterocycles. The van der Waals surface area contributed by atoms with E-state index in [1.54, 1.807) is 0 Å². The van der Waals surface area contributed by atoms with Crippen molar-refractivity contribution in [2.45, 2.75) is 37.6 Å². The average Bonchev–Trinajstić information content (AvgIpc) is 3.08. The Kier molecular flexibility index (Phi) is 4.04. The highest BCUT2D eigenvalue weighted by Crippen LogP contribution is 2.35. The smallest absolute Gasteiger partial charge is 0.122 e. The van der Waals surface area contributed by atoms with Crippen LogP contribution < -0.4 is 10.5 Å². The fourth-order valence-electron chi connectivity index (χ4n) is 3.52. The standard InChI is InChI=1S/C16H24N2O/c17-9-10-18(14-5-1-2-6-14)11-13-12-19-16-8-4-3-7-15(13)16/h3-4,7-8,13-14H,1-2,5-6,9-12,17H2. The van der Waals surface area contributed by atoms with Gasteiger partial charge >= 0.3 is 0 Å². The van der Waals surface area contributed by atoms with Crippen molar-refractivity contribution in [2.75, 3.05) is 26.2 Å². The van der Waals surface area contributed by atoms with Crippen molar-refractivity contribution in [1.82, 2.24) is 4.90 Å². The van der Waals surface area contributed by atoms with E-state index in [-0.39, 0.29) is 0 Å². The number of ether oxygens (including phenoxy) is 1. The number of fused-ring (bicyclic) bond motifs is 1. The zero-order valence-electron chi connectivity index (χ0n) is 11.6. The minimum Gasteiger partial charge on any atom is -0.493 e. The molecule has 0 bridgehead atoms. The molecule has 1 aromatic rings. The van der Waals surface area contributed by atoms with E-state index in [2.05, 4.69) is 29.2 Å². The van der Waals surface area contributed by atoms with Gasteiger partial charge in [-0.1, -0.05) is 31.0 Å². The third kappa shape index (κ3) is 2.77. The maximum Gasteiger partial charge on any atom is 0.122 e. The number of nitrogens with zero attached hydrogens (tertiary/aromatic N) is 1. The van der Waals surface area contributed by atoms with Crippen LogP contribution in [0.3, 0.4) is 0 Å². The summed E-state index contributed by atoms with van der Waals surface area (Å²) in [5.74, 6) is 1.59. The van der Waals surface area contributed by atoms with Crippen molar-refractivity contribution in [3.05, 3.63) is 29.8 Å². The predicted octanol–water partition coefficient (Wildman–Crippen LogP) is 2.37. The Morgan fingerprint density at radius 1 is 1.21 bits per heavy atom. The molecule has 0 amide bonds. The van der Waals surface area contributed by atoms with Crippen LogP contribution in [0.25, 0.3) is 0 Å². The molecule has 0 radical (unpaired) electrons. The van der Waals surface area contributed by atoms with Gasteiger partial charge in [-0.25, -0.2) is 0 Å². The Bertz CT molecular complexity index is 415. The fourth-order valence-corrected chi connectivity index (χ4v) is 3.52. The summed E-state index contributed by atoms with van der Waals surface area (Å²) in [7, 11) is 0. The summed E-state index contributed by atoms with van der Waals surface area (Å²) in [4.78, 5) is 2.60. The van der Waals surface area contributed by atoms with Gasteiger partial charge in [-0.05, 0) is 18.9 Å². The van der Waals surface area contributed by atoms with Crippen LogP contribution in [0.15, 0.2) is 24.3 Å². The third-order valence-electron chi connectivity index (χ3n) is 4.51. The molecule has 1 aromatic carbocycles. The second-order valence-corrected chi connectivity index (χ2v) is 5.77.